The lowest BCUT2D eigenvalue weighted by Crippen LogP contribution is -2.24. The first-order valence-corrected chi connectivity index (χ1v) is 5.99. The minimum absolute atomic E-state index is 0.0994. The topological polar surface area (TPSA) is 3.24 Å². The van der Waals surface area contributed by atoms with Gasteiger partial charge in [0.05, 0.1) is 4.47 Å². The number of rotatable bonds is 4. The first-order chi connectivity index (χ1) is 7.00. The summed E-state index contributed by atoms with van der Waals surface area (Å²) in [5, 5.41) is 0.0994. The van der Waals surface area contributed by atoms with E-state index in [9.17, 15) is 4.39 Å². The van der Waals surface area contributed by atoms with Crippen molar-refractivity contribution in [3.05, 3.63) is 34.1 Å². The van der Waals surface area contributed by atoms with Crippen molar-refractivity contribution in [3.63, 3.8) is 0 Å². The van der Waals surface area contributed by atoms with Crippen LogP contribution in [0.4, 0.5) is 4.39 Å². The van der Waals surface area contributed by atoms with Crippen LogP contribution in [0.15, 0.2) is 22.7 Å². The average molecular weight is 295 g/mol. The van der Waals surface area contributed by atoms with Crippen LogP contribution in [0.1, 0.15) is 12.5 Å². The van der Waals surface area contributed by atoms with E-state index in [0.717, 1.165) is 12.1 Å². The molecular formula is C11H14BrClFN. The summed E-state index contributed by atoms with van der Waals surface area (Å²) in [5.74, 6) is -0.222. The van der Waals surface area contributed by atoms with Crippen LogP contribution < -0.4 is 0 Å². The summed E-state index contributed by atoms with van der Waals surface area (Å²) in [4.78, 5) is 2.07. The molecule has 0 saturated heterocycles. The smallest absolute Gasteiger partial charge is 0.137 e. The van der Waals surface area contributed by atoms with Crippen LogP contribution in [0.3, 0.4) is 0 Å². The Kier molecular flexibility index (Phi) is 5.03. The molecule has 1 atom stereocenters. The number of hydrogen-bond acceptors (Lipinski definition) is 1. The number of benzene rings is 1. The maximum Gasteiger partial charge on any atom is 0.137 e. The number of alkyl halides is 1. The number of halogens is 3. The van der Waals surface area contributed by atoms with Crippen molar-refractivity contribution in [3.8, 4) is 0 Å². The lowest BCUT2D eigenvalue weighted by atomic mass is 10.2. The predicted molar refractivity (Wildman–Crippen MR) is 65.7 cm³/mol. The summed E-state index contributed by atoms with van der Waals surface area (Å²) < 4.78 is 13.7. The van der Waals surface area contributed by atoms with Gasteiger partial charge in [-0.2, -0.15) is 0 Å². The van der Waals surface area contributed by atoms with E-state index in [1.165, 1.54) is 6.07 Å². The zero-order chi connectivity index (χ0) is 11.4. The van der Waals surface area contributed by atoms with Crippen molar-refractivity contribution in [2.24, 2.45) is 0 Å². The Morgan fingerprint density at radius 3 is 2.80 bits per heavy atom. The zero-order valence-corrected chi connectivity index (χ0v) is 11.1. The summed E-state index contributed by atoms with van der Waals surface area (Å²) >= 11 is 9.12. The van der Waals surface area contributed by atoms with Crippen LogP contribution in [0, 0.1) is 5.82 Å². The fourth-order valence-electron chi connectivity index (χ4n) is 1.46. The minimum Gasteiger partial charge on any atom is -0.301 e. The van der Waals surface area contributed by atoms with Gasteiger partial charge in [0.15, 0.2) is 0 Å². The first-order valence-electron chi connectivity index (χ1n) is 4.76. The second-order valence-electron chi connectivity index (χ2n) is 3.69. The number of hydrogen-bond donors (Lipinski definition) is 0. The van der Waals surface area contributed by atoms with E-state index in [-0.39, 0.29) is 11.2 Å². The van der Waals surface area contributed by atoms with Gasteiger partial charge in [-0.05, 0) is 41.5 Å². The summed E-state index contributed by atoms with van der Waals surface area (Å²) in [6.07, 6.45) is 0. The SMILES string of the molecule is CC(Cl)CN(C)Cc1cccc(F)c1Br. The third-order valence-corrected chi connectivity index (χ3v) is 3.06. The molecule has 1 rings (SSSR count). The largest absolute Gasteiger partial charge is 0.301 e. The molecule has 0 bridgehead atoms. The summed E-state index contributed by atoms with van der Waals surface area (Å²) in [7, 11) is 1.97. The van der Waals surface area contributed by atoms with E-state index in [1.807, 2.05) is 20.0 Å². The highest BCUT2D eigenvalue weighted by Crippen LogP contribution is 2.21. The van der Waals surface area contributed by atoms with Crippen LogP contribution in [0.2, 0.25) is 0 Å². The second-order valence-corrected chi connectivity index (χ2v) is 5.23. The zero-order valence-electron chi connectivity index (χ0n) is 8.80. The number of nitrogens with zero attached hydrogens (tertiary/aromatic N) is 1. The molecule has 0 heterocycles. The van der Waals surface area contributed by atoms with E-state index in [2.05, 4.69) is 20.8 Å². The molecule has 4 heteroatoms. The second kappa shape index (κ2) is 5.83. The molecule has 15 heavy (non-hydrogen) atoms. The first kappa shape index (κ1) is 12.9. The van der Waals surface area contributed by atoms with Crippen LogP contribution in [0.25, 0.3) is 0 Å². The van der Waals surface area contributed by atoms with Crippen molar-refractivity contribution in [1.82, 2.24) is 4.90 Å². The molecule has 0 N–H and O–H groups in total. The van der Waals surface area contributed by atoms with Gasteiger partial charge < -0.3 is 4.90 Å². The Morgan fingerprint density at radius 2 is 2.20 bits per heavy atom. The third-order valence-electron chi connectivity index (χ3n) is 2.04. The molecule has 1 unspecified atom stereocenters. The highest BCUT2D eigenvalue weighted by Gasteiger charge is 2.09. The van der Waals surface area contributed by atoms with Crippen molar-refractivity contribution in [2.45, 2.75) is 18.8 Å². The van der Waals surface area contributed by atoms with Crippen LogP contribution in [-0.2, 0) is 6.54 Å². The molecule has 0 saturated carbocycles. The molecule has 0 radical (unpaired) electrons. The van der Waals surface area contributed by atoms with Gasteiger partial charge in [-0.25, -0.2) is 4.39 Å². The molecule has 1 nitrogen and oxygen atoms in total. The summed E-state index contributed by atoms with van der Waals surface area (Å²) in [5.41, 5.74) is 0.940. The quantitative estimate of drug-likeness (QED) is 0.766. The molecular weight excluding hydrogens is 280 g/mol. The molecule has 0 spiro atoms. The lowest BCUT2D eigenvalue weighted by molar-refractivity contribution is 0.328. The van der Waals surface area contributed by atoms with Gasteiger partial charge in [-0.15, -0.1) is 11.6 Å². The van der Waals surface area contributed by atoms with E-state index < -0.39 is 0 Å². The molecule has 1 aromatic rings. The summed E-state index contributed by atoms with van der Waals surface area (Å²) in [6, 6.07) is 5.06. The van der Waals surface area contributed by atoms with Gasteiger partial charge in [0.2, 0.25) is 0 Å². The van der Waals surface area contributed by atoms with Gasteiger partial charge in [-0.3, -0.25) is 0 Å². The molecule has 0 aromatic heterocycles. The normalized spacial score (nSPS) is 13.2. The van der Waals surface area contributed by atoms with Crippen molar-refractivity contribution >= 4 is 27.5 Å². The molecule has 0 aliphatic heterocycles. The molecule has 0 aliphatic rings. The molecule has 84 valence electrons. The van der Waals surface area contributed by atoms with Gasteiger partial charge in [-0.1, -0.05) is 12.1 Å². The van der Waals surface area contributed by atoms with Crippen molar-refractivity contribution in [1.29, 1.82) is 0 Å². The third kappa shape index (κ3) is 4.09. The van der Waals surface area contributed by atoms with E-state index >= 15 is 0 Å². The van der Waals surface area contributed by atoms with E-state index in [4.69, 9.17) is 11.6 Å². The maximum atomic E-state index is 13.2. The Bertz CT molecular complexity index is 330. The highest BCUT2D eigenvalue weighted by molar-refractivity contribution is 9.10. The molecule has 0 aliphatic carbocycles. The fraction of sp³-hybridized carbons (Fsp3) is 0.455. The predicted octanol–water partition coefficient (Wildman–Crippen LogP) is 3.65. The Labute approximate surface area is 103 Å². The van der Waals surface area contributed by atoms with Crippen LogP contribution in [-0.4, -0.2) is 23.9 Å². The molecule has 0 amide bonds. The van der Waals surface area contributed by atoms with Gasteiger partial charge in [0.25, 0.3) is 0 Å². The fourth-order valence-corrected chi connectivity index (χ4v) is 2.08. The van der Waals surface area contributed by atoms with Gasteiger partial charge >= 0.3 is 0 Å². The van der Waals surface area contributed by atoms with Gasteiger partial charge in [0, 0.05) is 18.5 Å². The van der Waals surface area contributed by atoms with Crippen LogP contribution >= 0.6 is 27.5 Å². The monoisotopic (exact) mass is 293 g/mol. The van der Waals surface area contributed by atoms with Crippen molar-refractivity contribution < 1.29 is 4.39 Å². The average Bonchev–Trinajstić information content (AvgIpc) is 2.11. The molecule has 0 fully saturated rings. The Morgan fingerprint density at radius 1 is 1.53 bits per heavy atom. The van der Waals surface area contributed by atoms with E-state index in [1.54, 1.807) is 6.07 Å². The summed E-state index contributed by atoms with van der Waals surface area (Å²) in [6.45, 7) is 3.42. The Balaban J connectivity index is 2.68. The van der Waals surface area contributed by atoms with Crippen molar-refractivity contribution in [2.75, 3.05) is 13.6 Å². The highest BCUT2D eigenvalue weighted by atomic mass is 79.9. The molecule has 1 aromatic carbocycles. The van der Waals surface area contributed by atoms with Gasteiger partial charge in [0.1, 0.15) is 5.82 Å². The van der Waals surface area contributed by atoms with Crippen LogP contribution in [0.5, 0.6) is 0 Å². The standard InChI is InChI=1S/C11H14BrClFN/c1-8(13)6-15(2)7-9-4-3-5-10(14)11(9)12/h3-5,8H,6-7H2,1-2H3. The maximum absolute atomic E-state index is 13.2. The van der Waals surface area contributed by atoms with E-state index in [0.29, 0.717) is 11.0 Å². The lowest BCUT2D eigenvalue weighted by Gasteiger charge is -2.18. The Hall–Kier alpha value is -0.120. The minimum atomic E-state index is -0.222.